The maximum atomic E-state index is 10.3. The van der Waals surface area contributed by atoms with Crippen LogP contribution < -0.4 is 0 Å². The van der Waals surface area contributed by atoms with Gasteiger partial charge < -0.3 is 9.90 Å². The first-order valence-electron chi connectivity index (χ1n) is 4.79. The van der Waals surface area contributed by atoms with Crippen LogP contribution in [-0.4, -0.2) is 18.5 Å². The molecule has 0 fully saturated rings. The Bertz CT molecular complexity index is 207. The van der Waals surface area contributed by atoms with Crippen molar-refractivity contribution in [3.63, 3.8) is 0 Å². The third kappa shape index (κ3) is 6.38. The fraction of sp³-hybridized carbons (Fsp3) is 0.417. The molecule has 0 saturated heterocycles. The van der Waals surface area contributed by atoms with Crippen LogP contribution in [0.5, 0.6) is 0 Å². The lowest BCUT2D eigenvalue weighted by atomic mass is 10.0. The molecule has 80 valence electrons. The fourth-order valence-electron chi connectivity index (χ4n) is 0.835. The van der Waals surface area contributed by atoms with Crippen LogP contribution in [0.15, 0.2) is 30.3 Å². The van der Waals surface area contributed by atoms with Gasteiger partial charge in [0.1, 0.15) is 6.29 Å². The van der Waals surface area contributed by atoms with Crippen molar-refractivity contribution in [1.29, 1.82) is 0 Å². The van der Waals surface area contributed by atoms with Crippen molar-refractivity contribution in [2.45, 2.75) is 26.7 Å². The van der Waals surface area contributed by atoms with Crippen molar-refractivity contribution in [1.82, 2.24) is 0 Å². The highest BCUT2D eigenvalue weighted by molar-refractivity contribution is 5.61. The molecule has 1 aromatic rings. The van der Waals surface area contributed by atoms with Gasteiger partial charge in [0, 0.05) is 13.0 Å². The minimum absolute atomic E-state index is 0.0289. The van der Waals surface area contributed by atoms with E-state index in [1.807, 2.05) is 51.1 Å². The van der Waals surface area contributed by atoms with Gasteiger partial charge in [-0.2, -0.15) is 0 Å². The zero-order chi connectivity index (χ0) is 11.4. The predicted octanol–water partition coefficient (Wildman–Crippen LogP) is 2.62. The van der Waals surface area contributed by atoms with E-state index in [9.17, 15) is 4.79 Å². The van der Waals surface area contributed by atoms with Crippen molar-refractivity contribution in [2.24, 2.45) is 0 Å². The van der Waals surface area contributed by atoms with Crippen LogP contribution in [0, 0.1) is 0 Å². The summed E-state index contributed by atoms with van der Waals surface area (Å²) in [6.07, 6.45) is 0.954. The Hall–Kier alpha value is -1.15. The Kier molecular flexibility index (Phi) is 13.0. The highest BCUT2D eigenvalue weighted by Crippen LogP contribution is 2.10. The molecule has 1 aromatic carbocycles. The van der Waals surface area contributed by atoms with E-state index in [-0.39, 0.29) is 5.92 Å². The van der Waals surface area contributed by atoms with Crippen molar-refractivity contribution >= 4 is 6.29 Å². The van der Waals surface area contributed by atoms with Crippen molar-refractivity contribution in [2.75, 3.05) is 7.11 Å². The van der Waals surface area contributed by atoms with Crippen LogP contribution in [0.3, 0.4) is 0 Å². The number of hydrogen-bond acceptors (Lipinski definition) is 2. The average Bonchev–Trinajstić information content (AvgIpc) is 2.34. The van der Waals surface area contributed by atoms with Gasteiger partial charge in [0.15, 0.2) is 0 Å². The molecule has 0 radical (unpaired) electrons. The summed E-state index contributed by atoms with van der Waals surface area (Å²) in [5.41, 5.74) is 1.08. The minimum atomic E-state index is 0.0289. The second-order valence-corrected chi connectivity index (χ2v) is 2.34. The minimum Gasteiger partial charge on any atom is -0.400 e. The smallest absolute Gasteiger partial charge is 0.127 e. The molecule has 0 aliphatic carbocycles. The fourth-order valence-corrected chi connectivity index (χ4v) is 0.835. The SMILES string of the molecule is CC.CC(C=O)c1ccccc1.CO. The Morgan fingerprint density at radius 2 is 1.57 bits per heavy atom. The van der Waals surface area contributed by atoms with E-state index in [4.69, 9.17) is 5.11 Å². The van der Waals surface area contributed by atoms with E-state index in [1.54, 1.807) is 0 Å². The molecule has 0 aromatic heterocycles. The summed E-state index contributed by atoms with van der Waals surface area (Å²) in [7, 11) is 1.00. The van der Waals surface area contributed by atoms with E-state index in [0.29, 0.717) is 0 Å². The highest BCUT2D eigenvalue weighted by atomic mass is 16.2. The quantitative estimate of drug-likeness (QED) is 0.738. The van der Waals surface area contributed by atoms with E-state index in [0.717, 1.165) is 19.0 Å². The molecular formula is C12H20O2. The molecule has 0 bridgehead atoms. The largest absolute Gasteiger partial charge is 0.400 e. The van der Waals surface area contributed by atoms with Gasteiger partial charge in [-0.3, -0.25) is 0 Å². The Labute approximate surface area is 86.6 Å². The second kappa shape index (κ2) is 11.8. The van der Waals surface area contributed by atoms with Crippen LogP contribution in [0.4, 0.5) is 0 Å². The molecule has 0 aliphatic heterocycles. The summed E-state index contributed by atoms with van der Waals surface area (Å²) in [5, 5.41) is 7.00. The van der Waals surface area contributed by atoms with Gasteiger partial charge in [-0.15, -0.1) is 0 Å². The van der Waals surface area contributed by atoms with E-state index in [1.165, 1.54) is 0 Å². The third-order valence-corrected chi connectivity index (χ3v) is 1.53. The number of aliphatic hydroxyl groups excluding tert-OH is 1. The zero-order valence-electron chi connectivity index (χ0n) is 9.40. The van der Waals surface area contributed by atoms with Crippen LogP contribution in [-0.2, 0) is 4.79 Å². The predicted molar refractivity (Wildman–Crippen MR) is 60.4 cm³/mol. The van der Waals surface area contributed by atoms with Gasteiger partial charge in [0.2, 0.25) is 0 Å². The molecule has 1 unspecified atom stereocenters. The molecule has 0 saturated carbocycles. The molecule has 1 rings (SSSR count). The van der Waals surface area contributed by atoms with Crippen LogP contribution >= 0.6 is 0 Å². The topological polar surface area (TPSA) is 37.3 Å². The van der Waals surface area contributed by atoms with Gasteiger partial charge in [0.05, 0.1) is 0 Å². The summed E-state index contributed by atoms with van der Waals surface area (Å²) in [6.45, 7) is 5.89. The molecule has 2 heteroatoms. The first-order chi connectivity index (χ1) is 6.84. The molecule has 2 nitrogen and oxygen atoms in total. The first kappa shape index (κ1) is 15.3. The number of benzene rings is 1. The summed E-state index contributed by atoms with van der Waals surface area (Å²) in [4.78, 5) is 10.3. The molecule has 1 N–H and O–H groups in total. The molecule has 1 atom stereocenters. The van der Waals surface area contributed by atoms with Gasteiger partial charge in [-0.05, 0) is 5.56 Å². The molecule has 0 amide bonds. The number of rotatable bonds is 2. The second-order valence-electron chi connectivity index (χ2n) is 2.34. The molecular weight excluding hydrogens is 176 g/mol. The normalized spacial score (nSPS) is 9.79. The zero-order valence-corrected chi connectivity index (χ0v) is 9.40. The van der Waals surface area contributed by atoms with Crippen molar-refractivity contribution in [3.8, 4) is 0 Å². The summed E-state index contributed by atoms with van der Waals surface area (Å²) in [5.74, 6) is 0.0289. The summed E-state index contributed by atoms with van der Waals surface area (Å²) in [6, 6.07) is 9.74. The highest BCUT2D eigenvalue weighted by Gasteiger charge is 1.99. The molecule has 14 heavy (non-hydrogen) atoms. The maximum absolute atomic E-state index is 10.3. The Morgan fingerprint density at radius 3 is 1.93 bits per heavy atom. The van der Waals surface area contributed by atoms with Crippen molar-refractivity contribution < 1.29 is 9.90 Å². The standard InChI is InChI=1S/C9H10O.C2H6.CH4O/c1-8(7-10)9-5-3-2-4-6-9;2*1-2/h2-8H,1H3;1-2H3;2H,1H3. The van der Waals surface area contributed by atoms with E-state index in [2.05, 4.69) is 0 Å². The van der Waals surface area contributed by atoms with Gasteiger partial charge >= 0.3 is 0 Å². The van der Waals surface area contributed by atoms with Gasteiger partial charge in [0.25, 0.3) is 0 Å². The number of aldehydes is 1. The van der Waals surface area contributed by atoms with Crippen LogP contribution in [0.2, 0.25) is 0 Å². The lowest BCUT2D eigenvalue weighted by Gasteiger charge is -2.00. The number of hydrogen-bond donors (Lipinski definition) is 1. The number of carbonyl (C=O) groups excluding carboxylic acids is 1. The van der Waals surface area contributed by atoms with Crippen LogP contribution in [0.25, 0.3) is 0 Å². The Morgan fingerprint density at radius 1 is 1.14 bits per heavy atom. The molecule has 0 aliphatic rings. The monoisotopic (exact) mass is 196 g/mol. The first-order valence-corrected chi connectivity index (χ1v) is 4.79. The average molecular weight is 196 g/mol. The van der Waals surface area contributed by atoms with Gasteiger partial charge in [-0.1, -0.05) is 51.1 Å². The number of aliphatic hydroxyl groups is 1. The van der Waals surface area contributed by atoms with Gasteiger partial charge in [-0.25, -0.2) is 0 Å². The summed E-state index contributed by atoms with van der Waals surface area (Å²) >= 11 is 0. The molecule has 0 heterocycles. The van der Waals surface area contributed by atoms with Crippen LogP contribution in [0.1, 0.15) is 32.3 Å². The lowest BCUT2D eigenvalue weighted by Crippen LogP contribution is -1.92. The van der Waals surface area contributed by atoms with E-state index >= 15 is 0 Å². The van der Waals surface area contributed by atoms with E-state index < -0.39 is 0 Å². The third-order valence-electron chi connectivity index (χ3n) is 1.53. The van der Waals surface area contributed by atoms with Crippen molar-refractivity contribution in [3.05, 3.63) is 35.9 Å². The Balaban J connectivity index is 0. The summed E-state index contributed by atoms with van der Waals surface area (Å²) < 4.78 is 0. The lowest BCUT2D eigenvalue weighted by molar-refractivity contribution is -0.108. The maximum Gasteiger partial charge on any atom is 0.127 e. The molecule has 0 spiro atoms. The number of carbonyl (C=O) groups is 1.